The van der Waals surface area contributed by atoms with Gasteiger partial charge in [0.2, 0.25) is 10.0 Å². The Balaban J connectivity index is 0.00000324. The second-order valence-electron chi connectivity index (χ2n) is 4.14. The number of halogens is 1. The van der Waals surface area contributed by atoms with Gasteiger partial charge in [-0.25, -0.2) is 13.1 Å². The van der Waals surface area contributed by atoms with Crippen LogP contribution in [0.15, 0.2) is 23.1 Å². The smallest absolute Gasteiger partial charge is 0.240 e. The van der Waals surface area contributed by atoms with Crippen molar-refractivity contribution in [3.05, 3.63) is 29.3 Å². The fraction of sp³-hybridized carbons (Fsp3) is 0.538. The Hall–Kier alpha value is -0.620. The van der Waals surface area contributed by atoms with E-state index in [9.17, 15) is 8.42 Å². The van der Waals surface area contributed by atoms with Crippen molar-refractivity contribution in [2.45, 2.75) is 31.6 Å². The van der Waals surface area contributed by atoms with E-state index in [0.717, 1.165) is 18.4 Å². The van der Waals surface area contributed by atoms with Crippen molar-refractivity contribution in [1.29, 1.82) is 0 Å². The first kappa shape index (κ1) is 18.4. The molecule has 6 heteroatoms. The molecule has 19 heavy (non-hydrogen) atoms. The standard InChI is InChI=1S/C13H22N2O2S.ClH/c1-4-11-6-7-13(10-12(11)5-2)18(16,17)15-9-8-14-3;/h6-7,10,14-15H,4-5,8-9H2,1-3H3;1H. The predicted octanol–water partition coefficient (Wildman–Crippen LogP) is 1.73. The minimum atomic E-state index is -3.38. The van der Waals surface area contributed by atoms with Crippen LogP contribution in [0.3, 0.4) is 0 Å². The maximum absolute atomic E-state index is 12.0. The number of sulfonamides is 1. The molecule has 0 amide bonds. The Labute approximate surface area is 122 Å². The lowest BCUT2D eigenvalue weighted by Crippen LogP contribution is -2.30. The molecule has 0 bridgehead atoms. The van der Waals surface area contributed by atoms with E-state index in [1.165, 1.54) is 5.56 Å². The number of hydrogen-bond acceptors (Lipinski definition) is 3. The van der Waals surface area contributed by atoms with E-state index in [1.807, 2.05) is 13.0 Å². The van der Waals surface area contributed by atoms with E-state index >= 15 is 0 Å². The van der Waals surface area contributed by atoms with Gasteiger partial charge >= 0.3 is 0 Å². The van der Waals surface area contributed by atoms with Crippen LogP contribution in [0.25, 0.3) is 0 Å². The third-order valence-corrected chi connectivity index (χ3v) is 4.38. The van der Waals surface area contributed by atoms with E-state index in [0.29, 0.717) is 18.0 Å². The predicted molar refractivity (Wildman–Crippen MR) is 81.6 cm³/mol. The summed E-state index contributed by atoms with van der Waals surface area (Å²) in [6.45, 7) is 5.13. The minimum absolute atomic E-state index is 0. The molecule has 2 N–H and O–H groups in total. The minimum Gasteiger partial charge on any atom is -0.318 e. The number of nitrogens with one attached hydrogen (secondary N) is 2. The van der Waals surface area contributed by atoms with Crippen molar-refractivity contribution in [2.75, 3.05) is 20.1 Å². The highest BCUT2D eigenvalue weighted by Gasteiger charge is 2.14. The van der Waals surface area contributed by atoms with Crippen LogP contribution < -0.4 is 10.0 Å². The molecule has 0 aliphatic rings. The Kier molecular flexibility index (Phi) is 8.25. The zero-order valence-corrected chi connectivity index (χ0v) is 13.3. The third-order valence-electron chi connectivity index (χ3n) is 2.92. The van der Waals surface area contributed by atoms with Crippen LogP contribution in [0, 0.1) is 0 Å². The Morgan fingerprint density at radius 3 is 2.21 bits per heavy atom. The first-order chi connectivity index (χ1) is 8.55. The van der Waals surface area contributed by atoms with Gasteiger partial charge in [0.05, 0.1) is 4.90 Å². The van der Waals surface area contributed by atoms with Gasteiger partial charge in [-0.15, -0.1) is 12.4 Å². The maximum Gasteiger partial charge on any atom is 0.240 e. The summed E-state index contributed by atoms with van der Waals surface area (Å²) < 4.78 is 26.6. The second-order valence-corrected chi connectivity index (χ2v) is 5.91. The Morgan fingerprint density at radius 1 is 1.05 bits per heavy atom. The van der Waals surface area contributed by atoms with Crippen LogP contribution in [0.4, 0.5) is 0 Å². The first-order valence-electron chi connectivity index (χ1n) is 6.31. The fourth-order valence-electron chi connectivity index (χ4n) is 1.84. The van der Waals surface area contributed by atoms with E-state index in [-0.39, 0.29) is 12.4 Å². The van der Waals surface area contributed by atoms with Crippen molar-refractivity contribution >= 4 is 22.4 Å². The van der Waals surface area contributed by atoms with Crippen LogP contribution in [-0.4, -0.2) is 28.6 Å². The SMILES string of the molecule is CCc1ccc(S(=O)(=O)NCCNC)cc1CC.Cl. The second kappa shape index (κ2) is 8.53. The van der Waals surface area contributed by atoms with Crippen LogP contribution in [0.1, 0.15) is 25.0 Å². The molecule has 0 radical (unpaired) electrons. The van der Waals surface area contributed by atoms with Crippen molar-refractivity contribution in [2.24, 2.45) is 0 Å². The van der Waals surface area contributed by atoms with Crippen molar-refractivity contribution < 1.29 is 8.42 Å². The van der Waals surface area contributed by atoms with Gasteiger partial charge in [-0.05, 0) is 43.1 Å². The highest BCUT2D eigenvalue weighted by Crippen LogP contribution is 2.17. The monoisotopic (exact) mass is 306 g/mol. The van der Waals surface area contributed by atoms with Gasteiger partial charge in [0.25, 0.3) is 0 Å². The maximum atomic E-state index is 12.0. The van der Waals surface area contributed by atoms with Crippen molar-refractivity contribution in [1.82, 2.24) is 10.0 Å². The Morgan fingerprint density at radius 2 is 1.68 bits per heavy atom. The molecule has 0 aliphatic heterocycles. The van der Waals surface area contributed by atoms with Crippen LogP contribution in [0.5, 0.6) is 0 Å². The van der Waals surface area contributed by atoms with Crippen LogP contribution in [-0.2, 0) is 22.9 Å². The molecule has 0 atom stereocenters. The summed E-state index contributed by atoms with van der Waals surface area (Å²) >= 11 is 0. The molecule has 0 unspecified atom stereocenters. The zero-order chi connectivity index (χ0) is 13.6. The van der Waals surface area contributed by atoms with E-state index in [1.54, 1.807) is 19.2 Å². The summed E-state index contributed by atoms with van der Waals surface area (Å²) in [5.41, 5.74) is 2.32. The van der Waals surface area contributed by atoms with Gasteiger partial charge in [0.1, 0.15) is 0 Å². The molecular weight excluding hydrogens is 284 g/mol. The summed E-state index contributed by atoms with van der Waals surface area (Å²) in [5, 5.41) is 2.91. The summed E-state index contributed by atoms with van der Waals surface area (Å²) in [6, 6.07) is 5.37. The lowest BCUT2D eigenvalue weighted by Gasteiger charge is -2.10. The highest BCUT2D eigenvalue weighted by atomic mass is 35.5. The first-order valence-corrected chi connectivity index (χ1v) is 7.79. The van der Waals surface area contributed by atoms with Crippen molar-refractivity contribution in [3.8, 4) is 0 Å². The van der Waals surface area contributed by atoms with Gasteiger partial charge in [0, 0.05) is 13.1 Å². The molecule has 0 spiro atoms. The van der Waals surface area contributed by atoms with Crippen molar-refractivity contribution in [3.63, 3.8) is 0 Å². The van der Waals surface area contributed by atoms with E-state index in [4.69, 9.17) is 0 Å². The molecular formula is C13H23ClN2O2S. The van der Waals surface area contributed by atoms with E-state index < -0.39 is 10.0 Å². The van der Waals surface area contributed by atoms with Gasteiger partial charge in [-0.3, -0.25) is 0 Å². The number of likely N-dealkylation sites (N-methyl/N-ethyl adjacent to an activating group) is 1. The van der Waals surface area contributed by atoms with Gasteiger partial charge in [0.15, 0.2) is 0 Å². The summed E-state index contributed by atoms with van der Waals surface area (Å²) in [4.78, 5) is 0.354. The number of hydrogen-bond donors (Lipinski definition) is 2. The van der Waals surface area contributed by atoms with Crippen LogP contribution in [0.2, 0.25) is 0 Å². The lowest BCUT2D eigenvalue weighted by molar-refractivity contribution is 0.579. The van der Waals surface area contributed by atoms with Gasteiger partial charge in [-0.1, -0.05) is 19.9 Å². The molecule has 1 rings (SSSR count). The molecule has 0 saturated carbocycles. The quantitative estimate of drug-likeness (QED) is 0.754. The molecule has 4 nitrogen and oxygen atoms in total. The Bertz CT molecular complexity index is 489. The molecule has 1 aromatic carbocycles. The summed E-state index contributed by atoms with van der Waals surface area (Å²) in [5.74, 6) is 0. The topological polar surface area (TPSA) is 58.2 Å². The molecule has 0 saturated heterocycles. The third kappa shape index (κ3) is 5.10. The number of aryl methyl sites for hydroxylation is 2. The van der Waals surface area contributed by atoms with E-state index in [2.05, 4.69) is 17.0 Å². The molecule has 0 fully saturated rings. The average molecular weight is 307 g/mol. The van der Waals surface area contributed by atoms with Gasteiger partial charge < -0.3 is 5.32 Å². The number of benzene rings is 1. The largest absolute Gasteiger partial charge is 0.318 e. The zero-order valence-electron chi connectivity index (χ0n) is 11.7. The number of rotatable bonds is 7. The van der Waals surface area contributed by atoms with Crippen LogP contribution >= 0.6 is 12.4 Å². The highest BCUT2D eigenvalue weighted by molar-refractivity contribution is 7.89. The van der Waals surface area contributed by atoms with Gasteiger partial charge in [-0.2, -0.15) is 0 Å². The lowest BCUT2D eigenvalue weighted by atomic mass is 10.0. The molecule has 0 aliphatic carbocycles. The molecule has 1 aromatic rings. The summed E-state index contributed by atoms with van der Waals surface area (Å²) in [7, 11) is -1.59. The normalized spacial score (nSPS) is 11.1. The molecule has 0 heterocycles. The average Bonchev–Trinajstić information content (AvgIpc) is 2.38. The summed E-state index contributed by atoms with van der Waals surface area (Å²) in [6.07, 6.45) is 1.78. The molecule has 0 aromatic heterocycles. The molecule has 110 valence electrons. The fourth-order valence-corrected chi connectivity index (χ4v) is 2.92.